The van der Waals surface area contributed by atoms with Crippen LogP contribution in [-0.2, 0) is 14.8 Å². The van der Waals surface area contributed by atoms with E-state index in [0.29, 0.717) is 21.7 Å². The van der Waals surface area contributed by atoms with Gasteiger partial charge in [-0.1, -0.05) is 12.1 Å². The van der Waals surface area contributed by atoms with Crippen molar-refractivity contribution in [1.29, 1.82) is 0 Å². The first kappa shape index (κ1) is 22.8. The van der Waals surface area contributed by atoms with E-state index in [4.69, 9.17) is 4.74 Å². The van der Waals surface area contributed by atoms with E-state index in [9.17, 15) is 13.2 Å². The van der Waals surface area contributed by atoms with Gasteiger partial charge in [0.2, 0.25) is 10.0 Å². The maximum Gasteiger partial charge on any atom is 0.262 e. The van der Waals surface area contributed by atoms with Gasteiger partial charge >= 0.3 is 0 Å². The minimum absolute atomic E-state index is 0.00156. The normalized spacial score (nSPS) is 14.9. The molecule has 0 unspecified atom stereocenters. The fourth-order valence-electron chi connectivity index (χ4n) is 2.84. The number of nitrogens with one attached hydrogen (secondary N) is 2. The van der Waals surface area contributed by atoms with Gasteiger partial charge in [0.05, 0.1) is 16.0 Å². The van der Waals surface area contributed by atoms with Crippen LogP contribution < -0.4 is 14.8 Å². The predicted molar refractivity (Wildman–Crippen MR) is 127 cm³/mol. The second-order valence-electron chi connectivity index (χ2n) is 6.87. The number of thioether (sulfide) groups is 2. The van der Waals surface area contributed by atoms with Gasteiger partial charge in [0.25, 0.3) is 5.91 Å². The highest BCUT2D eigenvalue weighted by Crippen LogP contribution is 2.43. The van der Waals surface area contributed by atoms with E-state index in [1.165, 1.54) is 23.5 Å². The standard InChI is InChI=1S/C21H26N2O4S3/c1-3-30(25,26)23-19-10-7-17(13-15(19)2)22-20(24)14-27-18-8-5-16(6-9-18)21-28-11-4-12-29-21/h5-10,13,21,23H,3-4,11-12,14H2,1-2H3,(H,22,24). The predicted octanol–water partition coefficient (Wildman–Crippen LogP) is 4.64. The van der Waals surface area contributed by atoms with E-state index in [-0.39, 0.29) is 18.3 Å². The lowest BCUT2D eigenvalue weighted by atomic mass is 10.2. The quantitative estimate of drug-likeness (QED) is 0.589. The second kappa shape index (κ2) is 10.5. The zero-order chi connectivity index (χ0) is 21.6. The molecule has 0 spiro atoms. The van der Waals surface area contributed by atoms with Crippen molar-refractivity contribution in [1.82, 2.24) is 0 Å². The number of carbonyl (C=O) groups excluding carboxylic acids is 1. The molecule has 0 atom stereocenters. The molecule has 1 amide bonds. The summed E-state index contributed by atoms with van der Waals surface area (Å²) in [6.07, 6.45) is 1.26. The lowest BCUT2D eigenvalue weighted by molar-refractivity contribution is -0.118. The van der Waals surface area contributed by atoms with Crippen LogP contribution in [0.3, 0.4) is 0 Å². The van der Waals surface area contributed by atoms with Crippen LogP contribution >= 0.6 is 23.5 Å². The Hall–Kier alpha value is -1.84. The highest BCUT2D eigenvalue weighted by molar-refractivity contribution is 8.16. The molecule has 0 aliphatic carbocycles. The van der Waals surface area contributed by atoms with Crippen molar-refractivity contribution in [3.63, 3.8) is 0 Å². The zero-order valence-corrected chi connectivity index (χ0v) is 19.5. The molecule has 2 N–H and O–H groups in total. The summed E-state index contributed by atoms with van der Waals surface area (Å²) in [5, 5.41) is 2.77. The molecular formula is C21H26N2O4S3. The third kappa shape index (κ3) is 6.58. The van der Waals surface area contributed by atoms with E-state index < -0.39 is 10.0 Å². The van der Waals surface area contributed by atoms with Gasteiger partial charge < -0.3 is 10.1 Å². The van der Waals surface area contributed by atoms with Crippen LogP contribution in [0.5, 0.6) is 5.75 Å². The summed E-state index contributed by atoms with van der Waals surface area (Å²) < 4.78 is 32.0. The second-order valence-corrected chi connectivity index (χ2v) is 11.6. The Balaban J connectivity index is 1.51. The molecule has 1 heterocycles. The van der Waals surface area contributed by atoms with Crippen molar-refractivity contribution >= 4 is 50.8 Å². The zero-order valence-electron chi connectivity index (χ0n) is 17.0. The fourth-order valence-corrected chi connectivity index (χ4v) is 6.45. The highest BCUT2D eigenvalue weighted by Gasteiger charge is 2.16. The monoisotopic (exact) mass is 466 g/mol. The molecule has 6 nitrogen and oxygen atoms in total. The number of ether oxygens (including phenoxy) is 1. The average Bonchev–Trinajstić information content (AvgIpc) is 2.75. The summed E-state index contributed by atoms with van der Waals surface area (Å²) in [6.45, 7) is 3.26. The number of hydrogen-bond acceptors (Lipinski definition) is 6. The molecule has 0 radical (unpaired) electrons. The van der Waals surface area contributed by atoms with Gasteiger partial charge in [-0.25, -0.2) is 8.42 Å². The van der Waals surface area contributed by atoms with Gasteiger partial charge in [0, 0.05) is 5.69 Å². The number of aryl methyl sites for hydroxylation is 1. The van der Waals surface area contributed by atoms with Crippen LogP contribution in [0.15, 0.2) is 42.5 Å². The van der Waals surface area contributed by atoms with E-state index >= 15 is 0 Å². The number of amides is 1. The van der Waals surface area contributed by atoms with Crippen molar-refractivity contribution < 1.29 is 17.9 Å². The molecule has 3 rings (SSSR count). The smallest absolute Gasteiger partial charge is 0.262 e. The van der Waals surface area contributed by atoms with Gasteiger partial charge in [-0.3, -0.25) is 9.52 Å². The Morgan fingerprint density at radius 3 is 2.47 bits per heavy atom. The first-order chi connectivity index (χ1) is 14.4. The minimum Gasteiger partial charge on any atom is -0.484 e. The fraction of sp³-hybridized carbons (Fsp3) is 0.381. The maximum absolute atomic E-state index is 12.2. The number of benzene rings is 2. The number of sulfonamides is 1. The van der Waals surface area contributed by atoms with Gasteiger partial charge in [0.15, 0.2) is 6.61 Å². The van der Waals surface area contributed by atoms with Crippen molar-refractivity contribution in [2.75, 3.05) is 33.9 Å². The van der Waals surface area contributed by atoms with Crippen LogP contribution in [0, 0.1) is 6.92 Å². The molecule has 1 fully saturated rings. The number of rotatable bonds is 8. The Morgan fingerprint density at radius 2 is 1.83 bits per heavy atom. The van der Waals surface area contributed by atoms with Crippen molar-refractivity contribution in [3.05, 3.63) is 53.6 Å². The van der Waals surface area contributed by atoms with Crippen LogP contribution in [0.1, 0.15) is 29.1 Å². The van der Waals surface area contributed by atoms with Gasteiger partial charge in [-0.05, 0) is 73.2 Å². The first-order valence-corrected chi connectivity index (χ1v) is 13.5. The van der Waals surface area contributed by atoms with Crippen LogP contribution in [0.2, 0.25) is 0 Å². The molecule has 2 aromatic rings. The Kier molecular flexibility index (Phi) is 7.96. The van der Waals surface area contributed by atoms with E-state index in [2.05, 4.69) is 22.2 Å². The van der Waals surface area contributed by atoms with Crippen molar-refractivity contribution in [3.8, 4) is 5.75 Å². The molecule has 162 valence electrons. The summed E-state index contributed by atoms with van der Waals surface area (Å²) in [5.74, 6) is 2.77. The molecule has 0 aromatic heterocycles. The Morgan fingerprint density at radius 1 is 1.13 bits per heavy atom. The van der Waals surface area contributed by atoms with Crippen molar-refractivity contribution in [2.24, 2.45) is 0 Å². The van der Waals surface area contributed by atoms with Gasteiger partial charge in [-0.15, -0.1) is 23.5 Å². The molecule has 0 saturated carbocycles. The molecule has 9 heteroatoms. The Bertz CT molecular complexity index is 972. The highest BCUT2D eigenvalue weighted by atomic mass is 32.2. The molecule has 1 saturated heterocycles. The third-order valence-electron chi connectivity index (χ3n) is 4.50. The average molecular weight is 467 g/mol. The van der Waals surface area contributed by atoms with E-state index in [0.717, 1.165) is 5.56 Å². The summed E-state index contributed by atoms with van der Waals surface area (Å²) in [4.78, 5) is 12.2. The van der Waals surface area contributed by atoms with Crippen LogP contribution in [-0.4, -0.2) is 38.2 Å². The lowest BCUT2D eigenvalue weighted by Crippen LogP contribution is -2.20. The largest absolute Gasteiger partial charge is 0.484 e. The summed E-state index contributed by atoms with van der Waals surface area (Å²) in [7, 11) is -3.34. The summed E-state index contributed by atoms with van der Waals surface area (Å²) >= 11 is 3.94. The van der Waals surface area contributed by atoms with E-state index in [1.54, 1.807) is 32.0 Å². The molecule has 0 bridgehead atoms. The molecule has 1 aliphatic heterocycles. The number of anilines is 2. The van der Waals surface area contributed by atoms with Gasteiger partial charge in [-0.2, -0.15) is 0 Å². The maximum atomic E-state index is 12.2. The van der Waals surface area contributed by atoms with E-state index in [1.807, 2.05) is 35.7 Å². The topological polar surface area (TPSA) is 84.5 Å². The first-order valence-electron chi connectivity index (χ1n) is 9.73. The van der Waals surface area contributed by atoms with Crippen LogP contribution in [0.4, 0.5) is 11.4 Å². The van der Waals surface area contributed by atoms with Gasteiger partial charge in [0.1, 0.15) is 5.75 Å². The number of carbonyl (C=O) groups is 1. The third-order valence-corrected chi connectivity index (χ3v) is 8.81. The summed E-state index contributed by atoms with van der Waals surface area (Å²) in [5.41, 5.74) is 3.08. The minimum atomic E-state index is -3.34. The van der Waals surface area contributed by atoms with Crippen molar-refractivity contribution in [2.45, 2.75) is 24.9 Å². The molecule has 2 aromatic carbocycles. The Labute approximate surface area is 186 Å². The molecule has 1 aliphatic rings. The molecular weight excluding hydrogens is 440 g/mol. The SMILES string of the molecule is CCS(=O)(=O)Nc1ccc(NC(=O)COc2ccc(C3SCCCS3)cc2)cc1C. The lowest BCUT2D eigenvalue weighted by Gasteiger charge is -2.21. The number of hydrogen-bond donors (Lipinski definition) is 2. The van der Waals surface area contributed by atoms with Crippen LogP contribution in [0.25, 0.3) is 0 Å². The summed E-state index contributed by atoms with van der Waals surface area (Å²) in [6, 6.07) is 12.9. The molecule has 30 heavy (non-hydrogen) atoms.